The zero-order valence-corrected chi connectivity index (χ0v) is 11.8. The summed E-state index contributed by atoms with van der Waals surface area (Å²) < 4.78 is 1.75. The van der Waals surface area contributed by atoms with Gasteiger partial charge in [-0.05, 0) is 31.8 Å². The third-order valence-corrected chi connectivity index (χ3v) is 3.69. The lowest BCUT2D eigenvalue weighted by Gasteiger charge is -2.31. The van der Waals surface area contributed by atoms with E-state index in [1.54, 1.807) is 4.68 Å². The first kappa shape index (κ1) is 13.5. The highest BCUT2D eigenvalue weighted by Crippen LogP contribution is 2.17. The molecular weight excluding hydrogens is 226 g/mol. The summed E-state index contributed by atoms with van der Waals surface area (Å²) in [6, 6.07) is 0.643. The summed E-state index contributed by atoms with van der Waals surface area (Å²) in [7, 11) is 1.90. The first-order valence-corrected chi connectivity index (χ1v) is 6.97. The summed E-state index contributed by atoms with van der Waals surface area (Å²) >= 11 is 0. The van der Waals surface area contributed by atoms with Gasteiger partial charge in [0.2, 0.25) is 0 Å². The van der Waals surface area contributed by atoms with Crippen molar-refractivity contribution in [3.05, 3.63) is 11.9 Å². The van der Waals surface area contributed by atoms with Crippen LogP contribution in [0.5, 0.6) is 0 Å². The number of nitrogens with zero attached hydrogens (tertiary/aromatic N) is 4. The van der Waals surface area contributed by atoms with Crippen LogP contribution in [-0.4, -0.2) is 45.6 Å². The number of likely N-dealkylation sites (tertiary alicyclic amines) is 1. The van der Waals surface area contributed by atoms with Gasteiger partial charge in [-0.1, -0.05) is 19.1 Å². The van der Waals surface area contributed by atoms with E-state index in [-0.39, 0.29) is 0 Å². The molecule has 0 saturated carbocycles. The van der Waals surface area contributed by atoms with Crippen molar-refractivity contribution in [2.45, 2.75) is 39.3 Å². The Labute approximate surface area is 110 Å². The van der Waals surface area contributed by atoms with Crippen molar-refractivity contribution in [2.75, 3.05) is 19.6 Å². The number of nitrogens with one attached hydrogen (secondary N) is 1. The van der Waals surface area contributed by atoms with E-state index in [9.17, 15) is 0 Å². The highest BCUT2D eigenvalue weighted by atomic mass is 15.4. The molecule has 1 aliphatic heterocycles. The maximum absolute atomic E-state index is 4.09. The summed E-state index contributed by atoms with van der Waals surface area (Å²) in [5.41, 5.74) is 1.02. The number of hydrogen-bond donors (Lipinski definition) is 1. The maximum atomic E-state index is 4.09. The van der Waals surface area contributed by atoms with Gasteiger partial charge in [0.15, 0.2) is 0 Å². The molecule has 0 bridgehead atoms. The van der Waals surface area contributed by atoms with Crippen LogP contribution in [-0.2, 0) is 13.6 Å². The summed E-state index contributed by atoms with van der Waals surface area (Å²) in [5.74, 6) is 0.692. The van der Waals surface area contributed by atoms with E-state index >= 15 is 0 Å². The smallest absolute Gasteiger partial charge is 0.0964 e. The lowest BCUT2D eigenvalue weighted by Crippen LogP contribution is -2.44. The molecule has 0 radical (unpaired) electrons. The molecule has 1 saturated heterocycles. The van der Waals surface area contributed by atoms with Gasteiger partial charge in [0.1, 0.15) is 0 Å². The lowest BCUT2D eigenvalue weighted by molar-refractivity contribution is 0.186. The Balaban J connectivity index is 1.78. The van der Waals surface area contributed by atoms with Crippen molar-refractivity contribution in [1.82, 2.24) is 25.2 Å². The minimum absolute atomic E-state index is 0.643. The van der Waals surface area contributed by atoms with Gasteiger partial charge < -0.3 is 5.32 Å². The number of aryl methyl sites for hydroxylation is 1. The second-order valence-corrected chi connectivity index (χ2v) is 5.57. The average Bonchev–Trinajstić information content (AvgIpc) is 2.95. The van der Waals surface area contributed by atoms with Crippen LogP contribution in [0.15, 0.2) is 6.20 Å². The van der Waals surface area contributed by atoms with E-state index in [4.69, 9.17) is 0 Å². The quantitative estimate of drug-likeness (QED) is 0.820. The molecule has 1 aromatic heterocycles. The van der Waals surface area contributed by atoms with Crippen LogP contribution in [0.3, 0.4) is 0 Å². The molecule has 0 spiro atoms. The second-order valence-electron chi connectivity index (χ2n) is 5.57. The molecule has 0 aliphatic carbocycles. The molecule has 1 fully saturated rings. The standard InChI is InChI=1S/C13H25N5/c1-11(2)13(18-6-4-5-7-18)9-14-8-12-10-17(3)16-15-12/h10-11,13-14H,4-9H2,1-3H3. The first-order chi connectivity index (χ1) is 8.66. The van der Waals surface area contributed by atoms with Crippen LogP contribution in [0.4, 0.5) is 0 Å². The predicted molar refractivity (Wildman–Crippen MR) is 72.1 cm³/mol. The molecule has 1 atom stereocenters. The Bertz CT molecular complexity index is 354. The molecule has 18 heavy (non-hydrogen) atoms. The zero-order chi connectivity index (χ0) is 13.0. The van der Waals surface area contributed by atoms with Crippen molar-refractivity contribution < 1.29 is 0 Å². The van der Waals surface area contributed by atoms with Crippen molar-refractivity contribution >= 4 is 0 Å². The van der Waals surface area contributed by atoms with Crippen LogP contribution in [0.25, 0.3) is 0 Å². The van der Waals surface area contributed by atoms with Crippen LogP contribution in [0, 0.1) is 5.92 Å². The number of rotatable bonds is 6. The van der Waals surface area contributed by atoms with Crippen molar-refractivity contribution in [3.8, 4) is 0 Å². The van der Waals surface area contributed by atoms with Gasteiger partial charge in [-0.15, -0.1) is 5.10 Å². The van der Waals surface area contributed by atoms with Gasteiger partial charge in [0, 0.05) is 32.4 Å². The van der Waals surface area contributed by atoms with Gasteiger partial charge in [0.05, 0.1) is 5.69 Å². The average molecular weight is 251 g/mol. The second kappa shape index (κ2) is 6.29. The van der Waals surface area contributed by atoms with Crippen LogP contribution in [0.2, 0.25) is 0 Å². The summed E-state index contributed by atoms with van der Waals surface area (Å²) in [5, 5.41) is 11.6. The van der Waals surface area contributed by atoms with E-state index in [1.165, 1.54) is 25.9 Å². The summed E-state index contributed by atoms with van der Waals surface area (Å²) in [6.45, 7) is 8.99. The highest BCUT2D eigenvalue weighted by molar-refractivity contribution is 4.91. The van der Waals surface area contributed by atoms with Gasteiger partial charge in [-0.3, -0.25) is 9.58 Å². The highest BCUT2D eigenvalue weighted by Gasteiger charge is 2.23. The fraction of sp³-hybridized carbons (Fsp3) is 0.846. The van der Waals surface area contributed by atoms with Gasteiger partial charge in [0.25, 0.3) is 0 Å². The fourth-order valence-electron chi connectivity index (χ4n) is 2.68. The largest absolute Gasteiger partial charge is 0.309 e. The summed E-state index contributed by atoms with van der Waals surface area (Å²) in [4.78, 5) is 2.62. The predicted octanol–water partition coefficient (Wildman–Crippen LogP) is 1.03. The molecule has 5 nitrogen and oxygen atoms in total. The van der Waals surface area contributed by atoms with Crippen LogP contribution in [0.1, 0.15) is 32.4 Å². The molecule has 1 aliphatic rings. The first-order valence-electron chi connectivity index (χ1n) is 6.97. The SMILES string of the molecule is CC(C)C(CNCc1cn(C)nn1)N1CCCC1. The fourth-order valence-corrected chi connectivity index (χ4v) is 2.68. The monoisotopic (exact) mass is 251 g/mol. The molecule has 1 aromatic rings. The molecule has 5 heteroatoms. The molecule has 1 N–H and O–H groups in total. The molecule has 2 rings (SSSR count). The van der Waals surface area contributed by atoms with Crippen molar-refractivity contribution in [2.24, 2.45) is 13.0 Å². The molecule has 0 aromatic carbocycles. The van der Waals surface area contributed by atoms with E-state index in [0.717, 1.165) is 18.8 Å². The normalized spacial score (nSPS) is 18.7. The van der Waals surface area contributed by atoms with Crippen molar-refractivity contribution in [1.29, 1.82) is 0 Å². The molecule has 0 amide bonds. The molecule has 1 unspecified atom stereocenters. The Morgan fingerprint density at radius 2 is 2.06 bits per heavy atom. The Kier molecular flexibility index (Phi) is 4.72. The van der Waals surface area contributed by atoms with E-state index in [0.29, 0.717) is 12.0 Å². The van der Waals surface area contributed by atoms with Gasteiger partial charge >= 0.3 is 0 Å². The third-order valence-electron chi connectivity index (χ3n) is 3.69. The number of hydrogen-bond acceptors (Lipinski definition) is 4. The molecule has 2 heterocycles. The van der Waals surface area contributed by atoms with E-state index < -0.39 is 0 Å². The zero-order valence-electron chi connectivity index (χ0n) is 11.8. The van der Waals surface area contributed by atoms with Crippen LogP contribution < -0.4 is 5.32 Å². The number of aromatic nitrogens is 3. The Morgan fingerprint density at radius 1 is 1.33 bits per heavy atom. The Hall–Kier alpha value is -0.940. The van der Waals surface area contributed by atoms with Gasteiger partial charge in [-0.2, -0.15) is 0 Å². The minimum atomic E-state index is 0.643. The Morgan fingerprint density at radius 3 is 2.61 bits per heavy atom. The topological polar surface area (TPSA) is 46.0 Å². The van der Waals surface area contributed by atoms with Gasteiger partial charge in [-0.25, -0.2) is 0 Å². The third kappa shape index (κ3) is 3.53. The molecule has 102 valence electrons. The molecular formula is C13H25N5. The van der Waals surface area contributed by atoms with E-state index in [2.05, 4.69) is 34.4 Å². The summed E-state index contributed by atoms with van der Waals surface area (Å²) in [6.07, 6.45) is 4.67. The maximum Gasteiger partial charge on any atom is 0.0964 e. The lowest BCUT2D eigenvalue weighted by atomic mass is 10.0. The minimum Gasteiger partial charge on any atom is -0.309 e. The van der Waals surface area contributed by atoms with E-state index in [1.807, 2.05) is 13.2 Å². The van der Waals surface area contributed by atoms with Crippen molar-refractivity contribution in [3.63, 3.8) is 0 Å². The van der Waals surface area contributed by atoms with Crippen LogP contribution >= 0.6 is 0 Å².